The number of aromatic nitrogens is 2. The van der Waals surface area contributed by atoms with E-state index in [9.17, 15) is 0 Å². The lowest BCUT2D eigenvalue weighted by Gasteiger charge is -2.16. The Hall–Kier alpha value is -7.16. The van der Waals surface area contributed by atoms with Gasteiger partial charge in [0, 0.05) is 16.7 Å². The van der Waals surface area contributed by atoms with Crippen LogP contribution in [0.1, 0.15) is 0 Å². The fraction of sp³-hybridized carbons (Fsp3) is 0. The van der Waals surface area contributed by atoms with Gasteiger partial charge in [-0.1, -0.05) is 194 Å². The van der Waals surface area contributed by atoms with Crippen LogP contribution in [0.2, 0.25) is 0 Å². The molecule has 0 aliphatic heterocycles. The lowest BCUT2D eigenvalue weighted by Crippen LogP contribution is -1.98. The van der Waals surface area contributed by atoms with Crippen molar-refractivity contribution in [1.29, 1.82) is 0 Å². The van der Waals surface area contributed by atoms with Crippen LogP contribution in [-0.2, 0) is 0 Å². The number of rotatable bonds is 6. The molecule has 2 heteroatoms. The van der Waals surface area contributed by atoms with Crippen molar-refractivity contribution >= 4 is 32.3 Å². The SMILES string of the molecule is c1ccc(-c2ccccc2-c2cc(-c3ccccc3-c3ccccc3)nc(-c3ccc(-c4c5ccccc5cc5c4ccc4ccccc45)cc3)n2)cc1. The van der Waals surface area contributed by atoms with E-state index in [1.807, 2.05) is 0 Å². The van der Waals surface area contributed by atoms with Crippen molar-refractivity contribution in [3.05, 3.63) is 206 Å². The summed E-state index contributed by atoms with van der Waals surface area (Å²) in [6.07, 6.45) is 0. The van der Waals surface area contributed by atoms with Gasteiger partial charge in [-0.25, -0.2) is 9.97 Å². The van der Waals surface area contributed by atoms with Gasteiger partial charge in [0.15, 0.2) is 5.82 Å². The Kier molecular flexibility index (Phi) is 7.85. The fourth-order valence-corrected chi connectivity index (χ4v) is 7.92. The van der Waals surface area contributed by atoms with E-state index in [4.69, 9.17) is 9.97 Å². The molecular formula is C52H34N2. The molecule has 54 heavy (non-hydrogen) atoms. The van der Waals surface area contributed by atoms with Crippen LogP contribution in [0.5, 0.6) is 0 Å². The van der Waals surface area contributed by atoms with Crippen LogP contribution in [0.4, 0.5) is 0 Å². The lowest BCUT2D eigenvalue weighted by molar-refractivity contribution is 1.18. The van der Waals surface area contributed by atoms with Crippen molar-refractivity contribution in [2.45, 2.75) is 0 Å². The first-order valence-electron chi connectivity index (χ1n) is 18.4. The molecule has 2 nitrogen and oxygen atoms in total. The predicted octanol–water partition coefficient (Wildman–Crippen LogP) is 13.9. The molecule has 0 radical (unpaired) electrons. The molecule has 0 unspecified atom stereocenters. The van der Waals surface area contributed by atoms with Crippen LogP contribution in [0.15, 0.2) is 206 Å². The maximum atomic E-state index is 5.31. The molecule has 0 saturated carbocycles. The van der Waals surface area contributed by atoms with Crippen LogP contribution in [0.3, 0.4) is 0 Å². The van der Waals surface area contributed by atoms with E-state index < -0.39 is 0 Å². The normalized spacial score (nSPS) is 11.3. The van der Waals surface area contributed by atoms with Crippen LogP contribution in [-0.4, -0.2) is 9.97 Å². The fourth-order valence-electron chi connectivity index (χ4n) is 7.92. The molecule has 0 aliphatic carbocycles. The minimum absolute atomic E-state index is 0.688. The van der Waals surface area contributed by atoms with E-state index in [-0.39, 0.29) is 0 Å². The molecule has 0 bridgehead atoms. The molecule has 0 fully saturated rings. The van der Waals surface area contributed by atoms with Gasteiger partial charge in [0.1, 0.15) is 0 Å². The standard InChI is InChI=1S/C52H34N2/c1-3-15-35(16-4-1)41-21-11-13-25-45(41)49-34-50(46-26-14-12-22-42(46)36-17-5-2-6-18-36)54-52(53-49)39-29-27-38(28-30-39)51-44-24-10-8-20-40(44)33-48-43-23-9-7-19-37(43)31-32-47(48)51/h1-34H. The Balaban J connectivity index is 1.16. The smallest absolute Gasteiger partial charge is 0.160 e. The molecule has 0 saturated heterocycles. The van der Waals surface area contributed by atoms with Crippen molar-refractivity contribution in [2.24, 2.45) is 0 Å². The Labute approximate surface area is 314 Å². The maximum Gasteiger partial charge on any atom is 0.160 e. The summed E-state index contributed by atoms with van der Waals surface area (Å²) >= 11 is 0. The summed E-state index contributed by atoms with van der Waals surface area (Å²) in [6, 6.07) is 73.3. The first-order valence-corrected chi connectivity index (χ1v) is 18.4. The minimum Gasteiger partial charge on any atom is -0.228 e. The zero-order chi connectivity index (χ0) is 35.8. The summed E-state index contributed by atoms with van der Waals surface area (Å²) in [4.78, 5) is 10.6. The Morgan fingerprint density at radius 1 is 0.259 bits per heavy atom. The molecule has 0 spiro atoms. The van der Waals surface area contributed by atoms with Gasteiger partial charge in [-0.15, -0.1) is 0 Å². The van der Waals surface area contributed by atoms with E-state index in [0.29, 0.717) is 5.82 Å². The molecule has 10 aromatic rings. The lowest BCUT2D eigenvalue weighted by atomic mass is 9.89. The highest BCUT2D eigenvalue weighted by Gasteiger charge is 2.17. The monoisotopic (exact) mass is 686 g/mol. The van der Waals surface area contributed by atoms with Crippen molar-refractivity contribution in [3.8, 4) is 67.3 Å². The second kappa shape index (κ2) is 13.4. The van der Waals surface area contributed by atoms with Crippen molar-refractivity contribution in [3.63, 3.8) is 0 Å². The molecule has 252 valence electrons. The highest BCUT2D eigenvalue weighted by Crippen LogP contribution is 2.41. The summed E-state index contributed by atoms with van der Waals surface area (Å²) in [5.41, 5.74) is 11.8. The third kappa shape index (κ3) is 5.62. The van der Waals surface area contributed by atoms with Crippen LogP contribution in [0.25, 0.3) is 99.6 Å². The molecule has 1 heterocycles. The number of hydrogen-bond acceptors (Lipinski definition) is 2. The van der Waals surface area contributed by atoms with E-state index in [1.54, 1.807) is 0 Å². The average molecular weight is 687 g/mol. The minimum atomic E-state index is 0.688. The largest absolute Gasteiger partial charge is 0.228 e. The molecule has 0 N–H and O–H groups in total. The second-order valence-corrected chi connectivity index (χ2v) is 13.7. The zero-order valence-electron chi connectivity index (χ0n) is 29.5. The van der Waals surface area contributed by atoms with Crippen LogP contribution >= 0.6 is 0 Å². The van der Waals surface area contributed by atoms with E-state index in [0.717, 1.165) is 55.9 Å². The topological polar surface area (TPSA) is 25.8 Å². The third-order valence-corrected chi connectivity index (χ3v) is 10.5. The molecule has 0 atom stereocenters. The van der Waals surface area contributed by atoms with E-state index in [1.165, 1.54) is 37.9 Å². The molecule has 9 aromatic carbocycles. The van der Waals surface area contributed by atoms with Gasteiger partial charge in [-0.3, -0.25) is 0 Å². The third-order valence-electron chi connectivity index (χ3n) is 10.5. The Morgan fingerprint density at radius 3 is 1.35 bits per heavy atom. The number of nitrogens with zero attached hydrogens (tertiary/aromatic N) is 2. The summed E-state index contributed by atoms with van der Waals surface area (Å²) in [5, 5.41) is 7.50. The van der Waals surface area contributed by atoms with Gasteiger partial charge < -0.3 is 0 Å². The van der Waals surface area contributed by atoms with Gasteiger partial charge in [-0.05, 0) is 77.8 Å². The van der Waals surface area contributed by atoms with Gasteiger partial charge in [0.25, 0.3) is 0 Å². The Bertz CT molecular complexity index is 2870. The van der Waals surface area contributed by atoms with Crippen molar-refractivity contribution < 1.29 is 0 Å². The number of fused-ring (bicyclic) bond motifs is 4. The summed E-state index contributed by atoms with van der Waals surface area (Å²) in [7, 11) is 0. The molecule has 0 amide bonds. The van der Waals surface area contributed by atoms with E-state index >= 15 is 0 Å². The second-order valence-electron chi connectivity index (χ2n) is 13.7. The number of hydrogen-bond donors (Lipinski definition) is 0. The van der Waals surface area contributed by atoms with Gasteiger partial charge >= 0.3 is 0 Å². The van der Waals surface area contributed by atoms with Crippen molar-refractivity contribution in [2.75, 3.05) is 0 Å². The van der Waals surface area contributed by atoms with Gasteiger partial charge in [0.05, 0.1) is 11.4 Å². The maximum absolute atomic E-state index is 5.31. The highest BCUT2D eigenvalue weighted by atomic mass is 14.9. The molecular weight excluding hydrogens is 653 g/mol. The summed E-state index contributed by atoms with van der Waals surface area (Å²) in [6.45, 7) is 0. The quantitative estimate of drug-likeness (QED) is 0.129. The molecule has 0 aliphatic rings. The first kappa shape index (κ1) is 31.6. The summed E-state index contributed by atoms with van der Waals surface area (Å²) in [5.74, 6) is 0.688. The average Bonchev–Trinajstić information content (AvgIpc) is 3.26. The van der Waals surface area contributed by atoms with Crippen LogP contribution in [0, 0.1) is 0 Å². The summed E-state index contributed by atoms with van der Waals surface area (Å²) < 4.78 is 0. The zero-order valence-corrected chi connectivity index (χ0v) is 29.5. The van der Waals surface area contributed by atoms with Crippen LogP contribution < -0.4 is 0 Å². The molecule has 10 rings (SSSR count). The first-order chi connectivity index (χ1) is 26.8. The van der Waals surface area contributed by atoms with Crippen molar-refractivity contribution in [1.82, 2.24) is 9.97 Å². The van der Waals surface area contributed by atoms with Gasteiger partial charge in [0.2, 0.25) is 0 Å². The highest BCUT2D eigenvalue weighted by molar-refractivity contribution is 6.20. The molecule has 1 aromatic heterocycles. The van der Waals surface area contributed by atoms with E-state index in [2.05, 4.69) is 206 Å². The predicted molar refractivity (Wildman–Crippen MR) is 227 cm³/mol. The number of benzene rings is 9. The Morgan fingerprint density at radius 2 is 0.741 bits per heavy atom. The van der Waals surface area contributed by atoms with Gasteiger partial charge in [-0.2, -0.15) is 0 Å².